The van der Waals surface area contributed by atoms with Crippen LogP contribution in [0.1, 0.15) is 196 Å². The fourth-order valence-electron chi connectivity index (χ4n) is 12.5. The lowest BCUT2D eigenvalue weighted by molar-refractivity contribution is -0.151. The Kier molecular flexibility index (Phi) is 16.1. The van der Waals surface area contributed by atoms with E-state index in [0.717, 1.165) is 81.5 Å². The minimum absolute atomic E-state index is 0.0257. The summed E-state index contributed by atoms with van der Waals surface area (Å²) in [6.07, 6.45) is 29.4. The molecule has 3 fully saturated rings. The quantitative estimate of drug-likeness (QED) is 0.0783. The van der Waals surface area contributed by atoms with Crippen molar-refractivity contribution >= 4 is 5.97 Å². The normalized spacial score (nSPS) is 34.5. The van der Waals surface area contributed by atoms with Crippen LogP contribution in [0.5, 0.6) is 0 Å². The zero-order valence-corrected chi connectivity index (χ0v) is 33.1. The molecule has 0 saturated heterocycles. The van der Waals surface area contributed by atoms with Crippen molar-refractivity contribution in [2.45, 2.75) is 208 Å². The number of fused-ring (bicyclic) bond motifs is 5. The number of carbonyl (C=O) groups is 1. The summed E-state index contributed by atoms with van der Waals surface area (Å²) in [5, 5.41) is 32.1. The molecule has 0 aromatic rings. The molecule has 0 amide bonds. The highest BCUT2D eigenvalue weighted by Gasteiger charge is 2.62. The summed E-state index contributed by atoms with van der Waals surface area (Å²) in [7, 11) is 0. The van der Waals surface area contributed by atoms with E-state index in [9.17, 15) is 20.1 Å². The third-order valence-corrected chi connectivity index (χ3v) is 15.2. The van der Waals surface area contributed by atoms with Gasteiger partial charge in [0.2, 0.25) is 0 Å². The highest BCUT2D eigenvalue weighted by molar-refractivity contribution is 5.70. The van der Waals surface area contributed by atoms with Gasteiger partial charge in [-0.2, -0.15) is 0 Å². The molecule has 3 N–H and O–H groups in total. The van der Waals surface area contributed by atoms with Gasteiger partial charge in [-0.25, -0.2) is 0 Å². The van der Waals surface area contributed by atoms with Gasteiger partial charge in [0.05, 0.1) is 18.1 Å². The van der Waals surface area contributed by atoms with Crippen LogP contribution in [0, 0.1) is 58.2 Å². The molecule has 0 radical (unpaired) electrons. The largest absolute Gasteiger partial charge is 0.481 e. The molecule has 0 bridgehead atoms. The van der Waals surface area contributed by atoms with Crippen LogP contribution in [0.2, 0.25) is 0 Å². The molecule has 0 spiro atoms. The maximum absolute atomic E-state index is 13.0. The second-order valence-corrected chi connectivity index (χ2v) is 18.9. The predicted molar refractivity (Wildman–Crippen MR) is 205 cm³/mol. The molecular weight excluding hydrogens is 604 g/mol. The van der Waals surface area contributed by atoms with Gasteiger partial charge < -0.3 is 15.3 Å². The molecule has 4 nitrogen and oxygen atoms in total. The third-order valence-electron chi connectivity index (χ3n) is 15.2. The average molecular weight is 685 g/mol. The number of carboxylic acid groups (broad SMARTS) is 1. The van der Waals surface area contributed by atoms with Crippen molar-refractivity contribution in [3.63, 3.8) is 0 Å². The molecule has 3 unspecified atom stereocenters. The van der Waals surface area contributed by atoms with Crippen molar-refractivity contribution in [2.24, 2.45) is 58.2 Å². The zero-order chi connectivity index (χ0) is 35.6. The SMILES string of the molecule is CCCCCCC(O)CCCCCCCCCC(C(=O)O)C1C[C@H](O)CC2=CC[C@H]3[C@@H]4CC[C@H]([C@H](C)CCCC(C)C)[C@@]4(C)CC[C@@H]3[C@@]21C. The van der Waals surface area contributed by atoms with Crippen molar-refractivity contribution in [2.75, 3.05) is 0 Å². The molecule has 0 aromatic carbocycles. The maximum atomic E-state index is 13.0. The Morgan fingerprint density at radius 1 is 0.796 bits per heavy atom. The second-order valence-electron chi connectivity index (χ2n) is 18.9. The van der Waals surface area contributed by atoms with Gasteiger partial charge in [-0.1, -0.05) is 143 Å². The van der Waals surface area contributed by atoms with Crippen molar-refractivity contribution in [1.82, 2.24) is 0 Å². The maximum Gasteiger partial charge on any atom is 0.306 e. The van der Waals surface area contributed by atoms with Gasteiger partial charge >= 0.3 is 5.97 Å². The Morgan fingerprint density at radius 2 is 1.43 bits per heavy atom. The summed E-state index contributed by atoms with van der Waals surface area (Å²) in [6, 6.07) is 0. The molecule has 4 heteroatoms. The molecule has 4 rings (SSSR count). The van der Waals surface area contributed by atoms with Gasteiger partial charge in [-0.3, -0.25) is 4.79 Å². The topological polar surface area (TPSA) is 77.8 Å². The summed E-state index contributed by atoms with van der Waals surface area (Å²) in [5.41, 5.74) is 1.72. The fraction of sp³-hybridized carbons (Fsp3) is 0.933. The van der Waals surface area contributed by atoms with Crippen LogP contribution >= 0.6 is 0 Å². The minimum atomic E-state index is -0.633. The van der Waals surface area contributed by atoms with E-state index in [-0.39, 0.29) is 23.4 Å². The summed E-state index contributed by atoms with van der Waals surface area (Å²) in [4.78, 5) is 13.0. The van der Waals surface area contributed by atoms with E-state index in [1.807, 2.05) is 0 Å². The van der Waals surface area contributed by atoms with Crippen LogP contribution in [0.4, 0.5) is 0 Å². The molecule has 0 aromatic heterocycles. The number of hydrogen-bond acceptors (Lipinski definition) is 3. The summed E-state index contributed by atoms with van der Waals surface area (Å²) in [5.74, 6) is 3.40. The van der Waals surface area contributed by atoms with E-state index >= 15 is 0 Å². The Balaban J connectivity index is 1.31. The molecule has 3 saturated carbocycles. The smallest absolute Gasteiger partial charge is 0.306 e. The van der Waals surface area contributed by atoms with Crippen molar-refractivity contribution < 1.29 is 20.1 Å². The van der Waals surface area contributed by atoms with E-state index in [2.05, 4.69) is 47.6 Å². The molecule has 0 aliphatic heterocycles. The van der Waals surface area contributed by atoms with Crippen molar-refractivity contribution in [3.8, 4) is 0 Å². The first kappa shape index (κ1) is 40.9. The van der Waals surface area contributed by atoms with Crippen LogP contribution in [-0.2, 0) is 4.79 Å². The number of carboxylic acids is 1. The zero-order valence-electron chi connectivity index (χ0n) is 33.1. The van der Waals surface area contributed by atoms with Crippen LogP contribution in [-0.4, -0.2) is 33.5 Å². The summed E-state index contributed by atoms with van der Waals surface area (Å²) in [6.45, 7) is 14.6. The van der Waals surface area contributed by atoms with Crippen LogP contribution in [0.25, 0.3) is 0 Å². The molecule has 0 heterocycles. The number of aliphatic carboxylic acids is 1. The minimum Gasteiger partial charge on any atom is -0.481 e. The number of aliphatic hydroxyl groups is 2. The van der Waals surface area contributed by atoms with Gasteiger partial charge in [0.15, 0.2) is 0 Å². The van der Waals surface area contributed by atoms with Gasteiger partial charge in [-0.05, 0) is 116 Å². The lowest BCUT2D eigenvalue weighted by Gasteiger charge is -2.61. The van der Waals surface area contributed by atoms with E-state index < -0.39 is 12.1 Å². The number of rotatable bonds is 22. The standard InChI is InChI=1S/C45H80O4/c1-7-8-9-15-21-35(46)22-16-13-11-10-12-14-17-23-38(43(48)49)42-31-36(47)30-34-24-25-37-40-27-26-39(33(4)20-18-19-32(2)3)44(40,5)29-28-41(37)45(34,42)6/h24,32-33,35-42,46-47H,7-23,25-31H2,1-6H3,(H,48,49)/t33-,35?,36-,37+,38?,39-,40+,41+,42?,44-,45-/m1/s1. The van der Waals surface area contributed by atoms with Crippen LogP contribution < -0.4 is 0 Å². The highest BCUT2D eigenvalue weighted by Crippen LogP contribution is 2.69. The lowest BCUT2D eigenvalue weighted by atomic mass is 9.43. The van der Waals surface area contributed by atoms with E-state index in [4.69, 9.17) is 0 Å². The third kappa shape index (κ3) is 10.2. The molecule has 49 heavy (non-hydrogen) atoms. The fourth-order valence-corrected chi connectivity index (χ4v) is 12.5. The molecule has 4 aliphatic rings. The van der Waals surface area contributed by atoms with Crippen molar-refractivity contribution in [1.29, 1.82) is 0 Å². The second kappa shape index (κ2) is 19.3. The predicted octanol–water partition coefficient (Wildman–Crippen LogP) is 12.2. The van der Waals surface area contributed by atoms with E-state index in [0.29, 0.717) is 23.7 Å². The Labute approximate surface area is 303 Å². The monoisotopic (exact) mass is 685 g/mol. The molecule has 11 atom stereocenters. The number of unbranched alkanes of at least 4 members (excludes halogenated alkanes) is 9. The first-order chi connectivity index (χ1) is 23.4. The van der Waals surface area contributed by atoms with E-state index in [1.165, 1.54) is 95.5 Å². The first-order valence-electron chi connectivity index (χ1n) is 21.7. The molecule has 4 aliphatic carbocycles. The Morgan fingerprint density at radius 3 is 2.06 bits per heavy atom. The van der Waals surface area contributed by atoms with Crippen molar-refractivity contribution in [3.05, 3.63) is 11.6 Å². The van der Waals surface area contributed by atoms with Gasteiger partial charge in [-0.15, -0.1) is 0 Å². The first-order valence-corrected chi connectivity index (χ1v) is 21.7. The number of hydrogen-bond donors (Lipinski definition) is 3. The highest BCUT2D eigenvalue weighted by atomic mass is 16.4. The number of aliphatic hydroxyl groups excluding tert-OH is 2. The van der Waals surface area contributed by atoms with Gasteiger partial charge in [0, 0.05) is 0 Å². The number of allylic oxidation sites excluding steroid dienone is 1. The Hall–Kier alpha value is -0.870. The molecule has 284 valence electrons. The van der Waals surface area contributed by atoms with Gasteiger partial charge in [0.1, 0.15) is 0 Å². The van der Waals surface area contributed by atoms with Gasteiger partial charge in [0.25, 0.3) is 0 Å². The van der Waals surface area contributed by atoms with Crippen LogP contribution in [0.15, 0.2) is 11.6 Å². The van der Waals surface area contributed by atoms with E-state index in [1.54, 1.807) is 0 Å². The molecular formula is C45H80O4. The lowest BCUT2D eigenvalue weighted by Crippen LogP contribution is -2.55. The average Bonchev–Trinajstić information content (AvgIpc) is 3.41. The summed E-state index contributed by atoms with van der Waals surface area (Å²) < 4.78 is 0. The van der Waals surface area contributed by atoms with Crippen LogP contribution in [0.3, 0.4) is 0 Å². The Bertz CT molecular complexity index is 1020. The summed E-state index contributed by atoms with van der Waals surface area (Å²) >= 11 is 0.